The number of anilines is 1. The van der Waals surface area contributed by atoms with Crippen LogP contribution in [0.2, 0.25) is 0 Å². The third-order valence-electron chi connectivity index (χ3n) is 4.33. The summed E-state index contributed by atoms with van der Waals surface area (Å²) >= 11 is 0. The second kappa shape index (κ2) is 9.53. The van der Waals surface area contributed by atoms with E-state index in [1.54, 1.807) is 24.3 Å². The first-order valence-electron chi connectivity index (χ1n) is 9.06. The molecule has 0 radical (unpaired) electrons. The number of nitrogens with one attached hydrogen (secondary N) is 2. The van der Waals surface area contributed by atoms with Gasteiger partial charge in [-0.05, 0) is 36.8 Å². The second-order valence-corrected chi connectivity index (χ2v) is 8.11. The van der Waals surface area contributed by atoms with Crippen molar-refractivity contribution in [2.45, 2.75) is 31.7 Å². The fourth-order valence-corrected chi connectivity index (χ4v) is 4.21. The molecule has 0 aliphatic carbocycles. The fraction of sp³-hybridized carbons (Fsp3) is 0.350. The quantitative estimate of drug-likeness (QED) is 0.691. The zero-order valence-corrected chi connectivity index (χ0v) is 16.8. The molecule has 0 aromatic heterocycles. The summed E-state index contributed by atoms with van der Waals surface area (Å²) in [5, 5.41) is 5.97. The Balaban J connectivity index is 1.97. The van der Waals surface area contributed by atoms with Crippen molar-refractivity contribution in [3.8, 4) is 0 Å². The summed E-state index contributed by atoms with van der Waals surface area (Å²) in [6, 6.07) is 15.9. The predicted molar refractivity (Wildman–Crippen MR) is 108 cm³/mol. The molecule has 2 aromatic carbocycles. The molecular weight excluding hydrogens is 362 g/mol. The van der Waals surface area contributed by atoms with Crippen molar-refractivity contribution < 1.29 is 13.2 Å². The number of sulfonamides is 1. The van der Waals surface area contributed by atoms with E-state index in [0.29, 0.717) is 13.1 Å². The first-order chi connectivity index (χ1) is 12.9. The maximum atomic E-state index is 12.5. The molecule has 0 bridgehead atoms. The van der Waals surface area contributed by atoms with Crippen LogP contribution in [0.1, 0.15) is 32.4 Å². The average Bonchev–Trinajstić information content (AvgIpc) is 2.68. The van der Waals surface area contributed by atoms with E-state index >= 15 is 0 Å². The molecule has 146 valence electrons. The van der Waals surface area contributed by atoms with Crippen LogP contribution >= 0.6 is 0 Å². The van der Waals surface area contributed by atoms with E-state index in [4.69, 9.17) is 0 Å². The summed E-state index contributed by atoms with van der Waals surface area (Å²) in [6.45, 7) is 6.53. The van der Waals surface area contributed by atoms with Crippen molar-refractivity contribution in [2.24, 2.45) is 0 Å². The Morgan fingerprint density at radius 1 is 1.00 bits per heavy atom. The van der Waals surface area contributed by atoms with Crippen LogP contribution in [0.5, 0.6) is 0 Å². The zero-order valence-electron chi connectivity index (χ0n) is 16.0. The Hall–Kier alpha value is -2.38. The van der Waals surface area contributed by atoms with Gasteiger partial charge in [0.05, 0.1) is 17.5 Å². The Labute approximate surface area is 161 Å². The first-order valence-corrected chi connectivity index (χ1v) is 10.5. The fourth-order valence-electron chi connectivity index (χ4n) is 2.76. The summed E-state index contributed by atoms with van der Waals surface area (Å²) in [5.41, 5.74) is 1.73. The van der Waals surface area contributed by atoms with E-state index in [9.17, 15) is 13.2 Å². The minimum atomic E-state index is -3.47. The molecule has 2 aromatic rings. The number of carbonyl (C=O) groups is 1. The van der Waals surface area contributed by atoms with E-state index in [-0.39, 0.29) is 23.4 Å². The molecule has 2 N–H and O–H groups in total. The molecule has 0 heterocycles. The van der Waals surface area contributed by atoms with E-state index in [1.165, 1.54) is 4.31 Å². The summed E-state index contributed by atoms with van der Waals surface area (Å²) < 4.78 is 26.5. The normalized spacial score (nSPS) is 12.6. The number of benzene rings is 2. The number of amides is 1. The number of rotatable bonds is 9. The number of hydrogen-bond acceptors (Lipinski definition) is 4. The molecule has 7 heteroatoms. The minimum absolute atomic E-state index is 0.133. The van der Waals surface area contributed by atoms with Crippen LogP contribution in [-0.4, -0.2) is 38.3 Å². The van der Waals surface area contributed by atoms with Gasteiger partial charge in [0.15, 0.2) is 0 Å². The standard InChI is InChI=1S/C20H27N3O3S/c1-4-23(5-2)27(25,26)19-13-11-17(12-14-19)16(3)22-20(24)15-21-18-9-7-6-8-10-18/h6-14,16,21H,4-5,15H2,1-3H3,(H,22,24). The van der Waals surface area contributed by atoms with Crippen LogP contribution in [0.3, 0.4) is 0 Å². The third-order valence-corrected chi connectivity index (χ3v) is 6.39. The average molecular weight is 390 g/mol. The lowest BCUT2D eigenvalue weighted by atomic mass is 10.1. The highest BCUT2D eigenvalue weighted by Gasteiger charge is 2.21. The van der Waals surface area contributed by atoms with Crippen LogP contribution in [0.15, 0.2) is 59.5 Å². The van der Waals surface area contributed by atoms with Crippen LogP contribution in [-0.2, 0) is 14.8 Å². The lowest BCUT2D eigenvalue weighted by Gasteiger charge is -2.19. The smallest absolute Gasteiger partial charge is 0.243 e. The van der Waals surface area contributed by atoms with Gasteiger partial charge in [0.1, 0.15) is 0 Å². The number of nitrogens with zero attached hydrogens (tertiary/aromatic N) is 1. The van der Waals surface area contributed by atoms with E-state index in [2.05, 4.69) is 10.6 Å². The highest BCUT2D eigenvalue weighted by molar-refractivity contribution is 7.89. The number of carbonyl (C=O) groups excluding carboxylic acids is 1. The van der Waals surface area contributed by atoms with Crippen molar-refractivity contribution in [3.05, 3.63) is 60.2 Å². The molecule has 0 aliphatic heterocycles. The lowest BCUT2D eigenvalue weighted by molar-refractivity contribution is -0.120. The van der Waals surface area contributed by atoms with Crippen LogP contribution in [0.25, 0.3) is 0 Å². The lowest BCUT2D eigenvalue weighted by Crippen LogP contribution is -2.32. The first kappa shape index (κ1) is 20.9. The van der Waals surface area contributed by atoms with Gasteiger partial charge in [-0.1, -0.05) is 44.2 Å². The van der Waals surface area contributed by atoms with Gasteiger partial charge < -0.3 is 10.6 Å². The van der Waals surface area contributed by atoms with Crippen LogP contribution < -0.4 is 10.6 Å². The van der Waals surface area contributed by atoms with Gasteiger partial charge >= 0.3 is 0 Å². The molecule has 6 nitrogen and oxygen atoms in total. The van der Waals surface area contributed by atoms with Gasteiger partial charge in [0, 0.05) is 18.8 Å². The van der Waals surface area contributed by atoms with Crippen molar-refractivity contribution in [1.82, 2.24) is 9.62 Å². The Morgan fingerprint density at radius 2 is 1.59 bits per heavy atom. The summed E-state index contributed by atoms with van der Waals surface area (Å²) in [4.78, 5) is 12.4. The highest BCUT2D eigenvalue weighted by Crippen LogP contribution is 2.19. The van der Waals surface area contributed by atoms with Crippen molar-refractivity contribution in [1.29, 1.82) is 0 Å². The zero-order chi connectivity index (χ0) is 19.9. The molecule has 0 saturated carbocycles. The van der Waals surface area contributed by atoms with Gasteiger partial charge in [-0.3, -0.25) is 4.79 Å². The Bertz CT molecular complexity index is 833. The SMILES string of the molecule is CCN(CC)S(=O)(=O)c1ccc(C(C)NC(=O)CNc2ccccc2)cc1. The molecule has 0 fully saturated rings. The molecule has 1 amide bonds. The number of para-hydroxylation sites is 1. The monoisotopic (exact) mass is 389 g/mol. The van der Waals surface area contributed by atoms with E-state index in [0.717, 1.165) is 11.3 Å². The van der Waals surface area contributed by atoms with Crippen molar-refractivity contribution in [2.75, 3.05) is 25.0 Å². The van der Waals surface area contributed by atoms with E-state index in [1.807, 2.05) is 51.1 Å². The minimum Gasteiger partial charge on any atom is -0.376 e. The number of hydrogen-bond donors (Lipinski definition) is 2. The highest BCUT2D eigenvalue weighted by atomic mass is 32.2. The topological polar surface area (TPSA) is 78.5 Å². The molecule has 2 rings (SSSR count). The predicted octanol–water partition coefficient (Wildman–Crippen LogP) is 3.01. The molecular formula is C20H27N3O3S. The van der Waals surface area contributed by atoms with Crippen LogP contribution in [0, 0.1) is 0 Å². The molecule has 1 unspecified atom stereocenters. The summed E-state index contributed by atoms with van der Waals surface area (Å²) in [6.07, 6.45) is 0. The maximum absolute atomic E-state index is 12.5. The van der Waals surface area contributed by atoms with Crippen LogP contribution in [0.4, 0.5) is 5.69 Å². The molecule has 0 aliphatic rings. The largest absolute Gasteiger partial charge is 0.376 e. The third kappa shape index (κ3) is 5.55. The molecule has 1 atom stereocenters. The summed E-state index contributed by atoms with van der Waals surface area (Å²) in [5.74, 6) is -0.133. The molecule has 0 saturated heterocycles. The Kier molecular flexibility index (Phi) is 7.38. The van der Waals surface area contributed by atoms with Gasteiger partial charge in [0.25, 0.3) is 0 Å². The Morgan fingerprint density at radius 3 is 2.15 bits per heavy atom. The molecule has 0 spiro atoms. The van der Waals surface area contributed by atoms with Gasteiger partial charge in [0.2, 0.25) is 15.9 Å². The summed E-state index contributed by atoms with van der Waals surface area (Å²) in [7, 11) is -3.47. The second-order valence-electron chi connectivity index (χ2n) is 6.17. The van der Waals surface area contributed by atoms with Gasteiger partial charge in [-0.2, -0.15) is 4.31 Å². The van der Waals surface area contributed by atoms with Gasteiger partial charge in [-0.25, -0.2) is 8.42 Å². The van der Waals surface area contributed by atoms with Crippen molar-refractivity contribution >= 4 is 21.6 Å². The van der Waals surface area contributed by atoms with Crippen molar-refractivity contribution in [3.63, 3.8) is 0 Å². The molecule has 27 heavy (non-hydrogen) atoms. The van der Waals surface area contributed by atoms with E-state index < -0.39 is 10.0 Å². The van der Waals surface area contributed by atoms with Gasteiger partial charge in [-0.15, -0.1) is 0 Å². The maximum Gasteiger partial charge on any atom is 0.243 e.